The van der Waals surface area contributed by atoms with Crippen LogP contribution >= 0.6 is 0 Å². The third-order valence-electron chi connectivity index (χ3n) is 3.35. The standard InChI is InChI=1S/C13H19N3O2/c1-2-16(11-3-7-15-8-4-11)12(17)13(14)5-9-18-10-6-13/h3-4,7-8H,2,5-6,9-10,14H2,1H3. The number of ether oxygens (including phenoxy) is 1. The number of likely N-dealkylation sites (N-methyl/N-ethyl adjacent to an activating group) is 1. The van der Waals surface area contributed by atoms with Gasteiger partial charge in [0.1, 0.15) is 5.54 Å². The molecule has 0 aliphatic carbocycles. The largest absolute Gasteiger partial charge is 0.381 e. The van der Waals surface area contributed by atoms with Crippen molar-refractivity contribution in [3.63, 3.8) is 0 Å². The molecule has 1 aliphatic rings. The van der Waals surface area contributed by atoms with Gasteiger partial charge in [0.05, 0.1) is 0 Å². The lowest BCUT2D eigenvalue weighted by molar-refractivity contribution is -0.127. The van der Waals surface area contributed by atoms with Crippen LogP contribution in [0.25, 0.3) is 0 Å². The Labute approximate surface area is 107 Å². The van der Waals surface area contributed by atoms with Crippen molar-refractivity contribution in [1.29, 1.82) is 0 Å². The molecule has 2 rings (SSSR count). The molecule has 1 amide bonds. The molecule has 0 unspecified atom stereocenters. The van der Waals surface area contributed by atoms with Crippen LogP contribution in [0.2, 0.25) is 0 Å². The Kier molecular flexibility index (Phi) is 3.93. The first-order valence-corrected chi connectivity index (χ1v) is 6.26. The van der Waals surface area contributed by atoms with Crippen molar-refractivity contribution in [2.75, 3.05) is 24.7 Å². The minimum absolute atomic E-state index is 0.0282. The SMILES string of the molecule is CCN(C(=O)C1(N)CCOCC1)c1ccncc1. The van der Waals surface area contributed by atoms with E-state index in [0.29, 0.717) is 32.6 Å². The lowest BCUT2D eigenvalue weighted by Crippen LogP contribution is -2.58. The Bertz CT molecular complexity index is 402. The highest BCUT2D eigenvalue weighted by Crippen LogP contribution is 2.23. The van der Waals surface area contributed by atoms with Gasteiger partial charge in [-0.2, -0.15) is 0 Å². The number of carbonyl (C=O) groups excluding carboxylic acids is 1. The molecule has 0 atom stereocenters. The van der Waals surface area contributed by atoms with Gasteiger partial charge in [0.15, 0.2) is 0 Å². The first-order chi connectivity index (χ1) is 8.67. The predicted octanol–water partition coefficient (Wildman–Crippen LogP) is 0.942. The maximum Gasteiger partial charge on any atom is 0.247 e. The second kappa shape index (κ2) is 5.46. The molecule has 1 saturated heterocycles. The van der Waals surface area contributed by atoms with Crippen molar-refractivity contribution in [1.82, 2.24) is 4.98 Å². The molecule has 2 N–H and O–H groups in total. The van der Waals surface area contributed by atoms with Gasteiger partial charge >= 0.3 is 0 Å². The number of carbonyl (C=O) groups is 1. The second-order valence-corrected chi connectivity index (χ2v) is 4.52. The molecular formula is C13H19N3O2. The van der Waals surface area contributed by atoms with E-state index in [1.54, 1.807) is 17.3 Å². The third-order valence-corrected chi connectivity index (χ3v) is 3.35. The van der Waals surface area contributed by atoms with Crippen LogP contribution in [0.3, 0.4) is 0 Å². The highest BCUT2D eigenvalue weighted by atomic mass is 16.5. The zero-order valence-corrected chi connectivity index (χ0v) is 10.6. The number of anilines is 1. The quantitative estimate of drug-likeness (QED) is 0.865. The minimum Gasteiger partial charge on any atom is -0.381 e. The van der Waals surface area contributed by atoms with Crippen LogP contribution in [0.4, 0.5) is 5.69 Å². The number of rotatable bonds is 3. The monoisotopic (exact) mass is 249 g/mol. The molecule has 1 aromatic rings. The fourth-order valence-corrected chi connectivity index (χ4v) is 2.19. The van der Waals surface area contributed by atoms with Gasteiger partial charge < -0.3 is 15.4 Å². The normalized spacial score (nSPS) is 18.3. The van der Waals surface area contributed by atoms with Gasteiger partial charge in [0.2, 0.25) is 5.91 Å². The molecule has 0 spiro atoms. The van der Waals surface area contributed by atoms with Gasteiger partial charge in [0, 0.05) is 37.8 Å². The number of hydrogen-bond donors (Lipinski definition) is 1. The van der Waals surface area contributed by atoms with Gasteiger partial charge in [-0.05, 0) is 31.9 Å². The van der Waals surface area contributed by atoms with E-state index < -0.39 is 5.54 Å². The fourth-order valence-electron chi connectivity index (χ4n) is 2.19. The third kappa shape index (κ3) is 2.52. The van der Waals surface area contributed by atoms with Crippen LogP contribution < -0.4 is 10.6 Å². The van der Waals surface area contributed by atoms with E-state index in [-0.39, 0.29) is 5.91 Å². The molecule has 18 heavy (non-hydrogen) atoms. The Balaban J connectivity index is 2.20. The number of hydrogen-bond acceptors (Lipinski definition) is 4. The number of aromatic nitrogens is 1. The minimum atomic E-state index is -0.794. The fraction of sp³-hybridized carbons (Fsp3) is 0.538. The maximum atomic E-state index is 12.6. The number of pyridine rings is 1. The van der Waals surface area contributed by atoms with Crippen LogP contribution in [0.1, 0.15) is 19.8 Å². The van der Waals surface area contributed by atoms with Gasteiger partial charge in [0.25, 0.3) is 0 Å². The van der Waals surface area contributed by atoms with Gasteiger partial charge in [-0.15, -0.1) is 0 Å². The van der Waals surface area contributed by atoms with E-state index in [4.69, 9.17) is 10.5 Å². The molecule has 98 valence electrons. The second-order valence-electron chi connectivity index (χ2n) is 4.52. The lowest BCUT2D eigenvalue weighted by Gasteiger charge is -2.36. The van der Waals surface area contributed by atoms with Crippen LogP contribution in [0.15, 0.2) is 24.5 Å². The Hall–Kier alpha value is -1.46. The van der Waals surface area contributed by atoms with E-state index in [9.17, 15) is 4.79 Å². The van der Waals surface area contributed by atoms with E-state index >= 15 is 0 Å². The predicted molar refractivity (Wildman–Crippen MR) is 69.2 cm³/mol. The lowest BCUT2D eigenvalue weighted by atomic mass is 9.89. The van der Waals surface area contributed by atoms with Crippen molar-refractivity contribution < 1.29 is 9.53 Å². The molecular weight excluding hydrogens is 230 g/mol. The molecule has 1 aromatic heterocycles. The summed E-state index contributed by atoms with van der Waals surface area (Å²) in [5.74, 6) is -0.0282. The first-order valence-electron chi connectivity index (χ1n) is 6.26. The molecule has 0 aromatic carbocycles. The van der Waals surface area contributed by atoms with Crippen molar-refractivity contribution in [2.24, 2.45) is 5.73 Å². The van der Waals surface area contributed by atoms with E-state index in [0.717, 1.165) is 5.69 Å². The Morgan fingerprint density at radius 1 is 1.44 bits per heavy atom. The van der Waals surface area contributed by atoms with E-state index in [1.807, 2.05) is 19.1 Å². The number of amides is 1. The van der Waals surface area contributed by atoms with E-state index in [2.05, 4.69) is 4.98 Å². The van der Waals surface area contributed by atoms with Crippen molar-refractivity contribution in [3.8, 4) is 0 Å². The molecule has 0 saturated carbocycles. The average molecular weight is 249 g/mol. The summed E-state index contributed by atoms with van der Waals surface area (Å²) in [6.45, 7) is 3.65. The summed E-state index contributed by atoms with van der Waals surface area (Å²) < 4.78 is 5.27. The van der Waals surface area contributed by atoms with Gasteiger partial charge in [-0.3, -0.25) is 9.78 Å². The first kappa shape index (κ1) is 13.0. The average Bonchev–Trinajstić information content (AvgIpc) is 2.41. The summed E-state index contributed by atoms with van der Waals surface area (Å²) >= 11 is 0. The maximum absolute atomic E-state index is 12.6. The molecule has 1 aliphatic heterocycles. The zero-order chi connectivity index (χ0) is 13.0. The van der Waals surface area contributed by atoms with Gasteiger partial charge in [-0.25, -0.2) is 0 Å². The molecule has 0 radical (unpaired) electrons. The van der Waals surface area contributed by atoms with E-state index in [1.165, 1.54) is 0 Å². The molecule has 5 heteroatoms. The molecule has 2 heterocycles. The Morgan fingerprint density at radius 3 is 2.61 bits per heavy atom. The highest BCUT2D eigenvalue weighted by molar-refractivity contribution is 6.00. The van der Waals surface area contributed by atoms with Crippen molar-refractivity contribution in [2.45, 2.75) is 25.3 Å². The smallest absolute Gasteiger partial charge is 0.247 e. The number of nitrogens with zero attached hydrogens (tertiary/aromatic N) is 2. The van der Waals surface area contributed by atoms with Crippen LogP contribution in [0, 0.1) is 0 Å². The van der Waals surface area contributed by atoms with Crippen molar-refractivity contribution >= 4 is 11.6 Å². The van der Waals surface area contributed by atoms with Crippen LogP contribution in [-0.4, -0.2) is 36.2 Å². The molecule has 0 bridgehead atoms. The summed E-state index contributed by atoms with van der Waals surface area (Å²) in [5, 5.41) is 0. The summed E-state index contributed by atoms with van der Waals surface area (Å²) in [6.07, 6.45) is 4.51. The summed E-state index contributed by atoms with van der Waals surface area (Å²) in [6, 6.07) is 3.65. The van der Waals surface area contributed by atoms with Crippen LogP contribution in [0.5, 0.6) is 0 Å². The molecule has 5 nitrogen and oxygen atoms in total. The molecule has 1 fully saturated rings. The van der Waals surface area contributed by atoms with Crippen molar-refractivity contribution in [3.05, 3.63) is 24.5 Å². The zero-order valence-electron chi connectivity index (χ0n) is 10.6. The summed E-state index contributed by atoms with van der Waals surface area (Å²) in [7, 11) is 0. The number of nitrogens with two attached hydrogens (primary N) is 1. The Morgan fingerprint density at radius 2 is 2.06 bits per heavy atom. The highest BCUT2D eigenvalue weighted by Gasteiger charge is 2.38. The summed E-state index contributed by atoms with van der Waals surface area (Å²) in [5.41, 5.74) is 6.28. The topological polar surface area (TPSA) is 68.5 Å². The van der Waals surface area contributed by atoms with Gasteiger partial charge in [-0.1, -0.05) is 0 Å². The van der Waals surface area contributed by atoms with Crippen LogP contribution in [-0.2, 0) is 9.53 Å². The summed E-state index contributed by atoms with van der Waals surface area (Å²) in [4.78, 5) is 18.3.